The predicted octanol–water partition coefficient (Wildman–Crippen LogP) is 6.94. The van der Waals surface area contributed by atoms with Crippen molar-refractivity contribution in [2.75, 3.05) is 5.32 Å². The Bertz CT molecular complexity index is 1260. The lowest BCUT2D eigenvalue weighted by molar-refractivity contribution is 0.194. The van der Waals surface area contributed by atoms with Crippen molar-refractivity contribution in [2.24, 2.45) is 0 Å². The van der Waals surface area contributed by atoms with Crippen LogP contribution in [0.5, 0.6) is 0 Å². The highest BCUT2D eigenvalue weighted by atomic mass is 79.9. The third kappa shape index (κ3) is 3.84. The van der Waals surface area contributed by atoms with Crippen LogP contribution in [0.15, 0.2) is 95.6 Å². The number of rotatable bonds is 3. The molecular formula is C27H24BrN3O. The second-order valence-corrected chi connectivity index (χ2v) is 8.91. The van der Waals surface area contributed by atoms with Gasteiger partial charge in [0.2, 0.25) is 0 Å². The first-order valence-electron chi connectivity index (χ1n) is 10.8. The number of urea groups is 1. The molecule has 2 amide bonds. The highest BCUT2D eigenvalue weighted by Gasteiger charge is 2.33. The molecule has 5 heteroatoms. The van der Waals surface area contributed by atoms with Crippen molar-refractivity contribution in [1.82, 2.24) is 9.47 Å². The molecule has 0 saturated carbocycles. The van der Waals surface area contributed by atoms with E-state index in [-0.39, 0.29) is 12.1 Å². The van der Waals surface area contributed by atoms with Crippen molar-refractivity contribution < 1.29 is 4.79 Å². The Morgan fingerprint density at radius 2 is 1.81 bits per heavy atom. The van der Waals surface area contributed by atoms with Crippen molar-refractivity contribution in [2.45, 2.75) is 25.9 Å². The molecule has 0 spiro atoms. The van der Waals surface area contributed by atoms with E-state index in [1.807, 2.05) is 41.3 Å². The van der Waals surface area contributed by atoms with Crippen LogP contribution in [-0.4, -0.2) is 15.5 Å². The van der Waals surface area contributed by atoms with Crippen molar-refractivity contribution in [3.05, 3.63) is 118 Å². The molecule has 32 heavy (non-hydrogen) atoms. The number of aryl methyl sites for hydroxylation is 1. The van der Waals surface area contributed by atoms with Crippen LogP contribution in [0.1, 0.15) is 35.3 Å². The van der Waals surface area contributed by atoms with E-state index in [1.54, 1.807) is 0 Å². The monoisotopic (exact) mass is 485 g/mol. The number of anilines is 1. The largest absolute Gasteiger partial charge is 0.322 e. The number of benzene rings is 3. The lowest BCUT2D eigenvalue weighted by Crippen LogP contribution is -2.37. The minimum atomic E-state index is -0.213. The summed E-state index contributed by atoms with van der Waals surface area (Å²) in [7, 11) is 0. The molecule has 4 aromatic rings. The molecule has 4 nitrogen and oxygen atoms in total. The highest BCUT2D eigenvalue weighted by molar-refractivity contribution is 9.10. The summed E-state index contributed by atoms with van der Waals surface area (Å²) >= 11 is 3.49. The number of carbonyl (C=O) groups excluding carboxylic acids is 1. The Balaban J connectivity index is 1.62. The second kappa shape index (κ2) is 8.67. The van der Waals surface area contributed by atoms with Crippen molar-refractivity contribution in [3.63, 3.8) is 0 Å². The number of hydrogen-bond acceptors (Lipinski definition) is 1. The Hall–Kier alpha value is -3.31. The average Bonchev–Trinajstić information content (AvgIpc) is 3.23. The minimum absolute atomic E-state index is 0.128. The van der Waals surface area contributed by atoms with Gasteiger partial charge in [-0.05, 0) is 59.5 Å². The molecule has 0 bridgehead atoms. The van der Waals surface area contributed by atoms with E-state index < -0.39 is 0 Å². The quantitative estimate of drug-likeness (QED) is 0.335. The number of nitrogens with one attached hydrogen (secondary N) is 1. The summed E-state index contributed by atoms with van der Waals surface area (Å²) in [6, 6.07) is 28.4. The van der Waals surface area contributed by atoms with E-state index in [0.717, 1.165) is 39.1 Å². The van der Waals surface area contributed by atoms with Gasteiger partial charge in [-0.2, -0.15) is 0 Å². The van der Waals surface area contributed by atoms with Gasteiger partial charge in [0.1, 0.15) is 0 Å². The van der Waals surface area contributed by atoms with E-state index in [0.29, 0.717) is 6.54 Å². The Labute approximate surface area is 196 Å². The summed E-state index contributed by atoms with van der Waals surface area (Å²) in [6.45, 7) is 2.66. The van der Waals surface area contributed by atoms with Crippen molar-refractivity contribution >= 4 is 27.6 Å². The van der Waals surface area contributed by atoms with Gasteiger partial charge in [-0.15, -0.1) is 0 Å². The summed E-state index contributed by atoms with van der Waals surface area (Å²) in [4.78, 5) is 15.6. The van der Waals surface area contributed by atoms with Crippen molar-refractivity contribution in [3.8, 4) is 5.69 Å². The third-order valence-electron chi connectivity index (χ3n) is 6.00. The molecule has 2 heterocycles. The Morgan fingerprint density at radius 1 is 1.00 bits per heavy atom. The van der Waals surface area contributed by atoms with Gasteiger partial charge in [-0.3, -0.25) is 0 Å². The molecule has 1 atom stereocenters. The van der Waals surface area contributed by atoms with Crippen LogP contribution in [0.3, 0.4) is 0 Å². The number of carbonyl (C=O) groups is 1. The molecule has 0 saturated heterocycles. The lowest BCUT2D eigenvalue weighted by atomic mass is 10.00. The maximum Gasteiger partial charge on any atom is 0.322 e. The van der Waals surface area contributed by atoms with E-state index >= 15 is 0 Å². The molecule has 1 aliphatic heterocycles. The summed E-state index contributed by atoms with van der Waals surface area (Å²) in [5, 5.41) is 3.10. The minimum Gasteiger partial charge on any atom is -0.318 e. The van der Waals surface area contributed by atoms with Crippen molar-refractivity contribution in [1.29, 1.82) is 0 Å². The van der Waals surface area contributed by atoms with Crippen LogP contribution in [0.2, 0.25) is 0 Å². The molecular weight excluding hydrogens is 462 g/mol. The predicted molar refractivity (Wildman–Crippen MR) is 132 cm³/mol. The van der Waals surface area contributed by atoms with E-state index in [2.05, 4.69) is 87.5 Å². The average molecular weight is 486 g/mol. The molecule has 0 aliphatic carbocycles. The first-order chi connectivity index (χ1) is 15.6. The first-order valence-corrected chi connectivity index (χ1v) is 11.6. The summed E-state index contributed by atoms with van der Waals surface area (Å²) in [6.07, 6.45) is 3.07. The van der Waals surface area contributed by atoms with E-state index in [1.165, 1.54) is 5.56 Å². The fraction of sp³-hybridized carbons (Fsp3) is 0.148. The molecule has 1 N–H and O–H groups in total. The highest BCUT2D eigenvalue weighted by Crippen LogP contribution is 2.37. The number of hydrogen-bond donors (Lipinski definition) is 1. The Morgan fingerprint density at radius 3 is 2.59 bits per heavy atom. The molecule has 1 aliphatic rings. The van der Waals surface area contributed by atoms with Crippen LogP contribution in [0.4, 0.5) is 10.5 Å². The smallest absolute Gasteiger partial charge is 0.318 e. The summed E-state index contributed by atoms with van der Waals surface area (Å²) in [5.74, 6) is 0. The van der Waals surface area contributed by atoms with Gasteiger partial charge in [0.15, 0.2) is 0 Å². The number of amides is 2. The topological polar surface area (TPSA) is 37.3 Å². The zero-order valence-electron chi connectivity index (χ0n) is 17.8. The first kappa shape index (κ1) is 20.6. The maximum absolute atomic E-state index is 13.7. The molecule has 0 fully saturated rings. The number of para-hydroxylation sites is 1. The number of nitrogens with zero attached hydrogens (tertiary/aromatic N) is 2. The van der Waals surface area contributed by atoms with Gasteiger partial charge in [-0.25, -0.2) is 4.79 Å². The molecule has 1 aromatic heterocycles. The Kier molecular flexibility index (Phi) is 5.58. The van der Waals surface area contributed by atoms with Crippen LogP contribution in [-0.2, 0) is 13.0 Å². The number of aromatic nitrogens is 1. The number of halogens is 1. The maximum atomic E-state index is 13.7. The zero-order valence-corrected chi connectivity index (χ0v) is 19.4. The van der Waals surface area contributed by atoms with Crippen LogP contribution >= 0.6 is 15.9 Å². The summed E-state index contributed by atoms with van der Waals surface area (Å²) < 4.78 is 3.14. The zero-order chi connectivity index (χ0) is 22.1. The molecule has 3 aromatic carbocycles. The van der Waals surface area contributed by atoms with Gasteiger partial charge in [0.25, 0.3) is 0 Å². The van der Waals surface area contributed by atoms with Gasteiger partial charge in [-0.1, -0.05) is 71.4 Å². The van der Waals surface area contributed by atoms with Gasteiger partial charge in [0.05, 0.1) is 18.3 Å². The van der Waals surface area contributed by atoms with Gasteiger partial charge < -0.3 is 14.8 Å². The summed E-state index contributed by atoms with van der Waals surface area (Å²) in [5.41, 5.74) is 6.44. The standard InChI is InChI=1S/C27H24BrN3O/c1-2-19-12-14-20(15-13-19)26-25-11-6-16-30(25)24-10-4-3-7-21(24)18-31(26)27(32)29-23-9-5-8-22(28)17-23/h3-17,26H,2,18H2,1H3,(H,29,32). The van der Waals surface area contributed by atoms with E-state index in [4.69, 9.17) is 0 Å². The molecule has 160 valence electrons. The fourth-order valence-corrected chi connectivity index (χ4v) is 4.79. The van der Waals surface area contributed by atoms with Crippen LogP contribution in [0, 0.1) is 0 Å². The number of fused-ring (bicyclic) bond motifs is 3. The van der Waals surface area contributed by atoms with Crippen LogP contribution < -0.4 is 5.32 Å². The second-order valence-electron chi connectivity index (χ2n) is 8.00. The molecule has 1 unspecified atom stereocenters. The van der Waals surface area contributed by atoms with Gasteiger partial charge in [0, 0.05) is 22.1 Å². The molecule has 0 radical (unpaired) electrons. The third-order valence-corrected chi connectivity index (χ3v) is 6.50. The normalized spacial score (nSPS) is 14.9. The molecule has 5 rings (SSSR count). The van der Waals surface area contributed by atoms with E-state index in [9.17, 15) is 4.79 Å². The van der Waals surface area contributed by atoms with Crippen LogP contribution in [0.25, 0.3) is 5.69 Å². The van der Waals surface area contributed by atoms with Gasteiger partial charge >= 0.3 is 6.03 Å². The fourth-order valence-electron chi connectivity index (χ4n) is 4.39. The lowest BCUT2D eigenvalue weighted by Gasteiger charge is -2.31. The SMILES string of the molecule is CCc1ccc(C2c3cccn3-c3ccccc3CN2C(=O)Nc2cccc(Br)c2)cc1.